The van der Waals surface area contributed by atoms with Gasteiger partial charge in [0, 0.05) is 10.2 Å². The highest BCUT2D eigenvalue weighted by Crippen LogP contribution is 2.39. The van der Waals surface area contributed by atoms with Crippen LogP contribution >= 0.6 is 39.3 Å². The second-order valence-electron chi connectivity index (χ2n) is 9.49. The van der Waals surface area contributed by atoms with Gasteiger partial charge in [-0.3, -0.25) is 9.36 Å². The second-order valence-corrected chi connectivity index (χ2v) is 11.9. The molecule has 4 aromatic carbocycles. The molecule has 0 spiro atoms. The van der Waals surface area contributed by atoms with Crippen LogP contribution in [0.3, 0.4) is 0 Å². The van der Waals surface area contributed by atoms with Gasteiger partial charge in [-0.1, -0.05) is 69.6 Å². The number of benzene rings is 4. The number of carbonyl (C=O) groups is 1. The molecule has 232 valence electrons. The zero-order valence-electron chi connectivity index (χ0n) is 23.6. The normalized spacial score (nSPS) is 12.0. The van der Waals surface area contributed by atoms with Crippen LogP contribution in [0.5, 0.6) is 11.5 Å². The van der Waals surface area contributed by atoms with E-state index in [0.717, 1.165) is 34.4 Å². The molecule has 0 radical (unpaired) electrons. The molecule has 0 saturated carbocycles. The zero-order valence-corrected chi connectivity index (χ0v) is 26.8. The largest absolute Gasteiger partial charge is 0.494 e. The molecule has 0 bridgehead atoms. The van der Waals surface area contributed by atoms with Gasteiger partial charge in [-0.15, -0.1) is 10.2 Å². The predicted octanol–water partition coefficient (Wildman–Crippen LogP) is 9.15. The molecule has 0 saturated heterocycles. The monoisotopic (exact) mass is 716 g/mol. The first-order chi connectivity index (χ1) is 21.6. The number of carbonyl (C=O) groups excluding carboxylic acids is 1. The van der Waals surface area contributed by atoms with Crippen molar-refractivity contribution >= 4 is 50.9 Å². The van der Waals surface area contributed by atoms with E-state index in [9.17, 15) is 18.0 Å². The molecule has 1 heterocycles. The molecule has 5 rings (SSSR count). The molecule has 1 unspecified atom stereocenters. The third-order valence-electron chi connectivity index (χ3n) is 6.40. The summed E-state index contributed by atoms with van der Waals surface area (Å²) < 4.78 is 54.5. The van der Waals surface area contributed by atoms with E-state index in [1.807, 2.05) is 55.5 Å². The highest BCUT2D eigenvalue weighted by Gasteiger charge is 2.32. The van der Waals surface area contributed by atoms with Gasteiger partial charge in [-0.25, -0.2) is 0 Å². The summed E-state index contributed by atoms with van der Waals surface area (Å²) in [5, 5.41) is 10.7. The molecule has 0 fully saturated rings. The van der Waals surface area contributed by atoms with Crippen LogP contribution in [0.25, 0.3) is 5.69 Å². The van der Waals surface area contributed by atoms with Crippen LogP contribution in [-0.4, -0.2) is 27.3 Å². The van der Waals surface area contributed by atoms with Gasteiger partial charge in [0.2, 0.25) is 5.91 Å². The zero-order chi connectivity index (χ0) is 32.0. The summed E-state index contributed by atoms with van der Waals surface area (Å²) in [6.45, 7) is 2.45. The van der Waals surface area contributed by atoms with E-state index in [0.29, 0.717) is 40.3 Å². The Labute approximate surface area is 274 Å². The number of hydrogen-bond donors (Lipinski definition) is 1. The van der Waals surface area contributed by atoms with Gasteiger partial charge in [0.05, 0.1) is 22.9 Å². The summed E-state index contributed by atoms with van der Waals surface area (Å²) in [4.78, 5) is 13.8. The van der Waals surface area contributed by atoms with Gasteiger partial charge in [0.1, 0.15) is 23.4 Å². The highest BCUT2D eigenvalue weighted by atomic mass is 79.9. The first kappa shape index (κ1) is 32.4. The fourth-order valence-corrected chi connectivity index (χ4v) is 5.77. The molecule has 0 aliphatic heterocycles. The molecule has 45 heavy (non-hydrogen) atoms. The molecule has 1 N–H and O–H groups in total. The summed E-state index contributed by atoms with van der Waals surface area (Å²) in [5.74, 6) is 1.16. The molecule has 1 aromatic heterocycles. The Morgan fingerprint density at radius 3 is 2.29 bits per heavy atom. The number of halogens is 5. The van der Waals surface area contributed by atoms with Crippen molar-refractivity contribution in [1.82, 2.24) is 14.8 Å². The van der Waals surface area contributed by atoms with E-state index in [-0.39, 0.29) is 17.3 Å². The second kappa shape index (κ2) is 14.4. The topological polar surface area (TPSA) is 78.3 Å². The number of aromatic nitrogens is 3. The summed E-state index contributed by atoms with van der Waals surface area (Å²) in [7, 11) is 0. The van der Waals surface area contributed by atoms with Crippen LogP contribution in [0.4, 0.5) is 18.9 Å². The Morgan fingerprint density at radius 1 is 0.956 bits per heavy atom. The SMILES string of the molecule is CCOc1ccc(-n2c(COc3ccc(Br)cc3)nnc2SC(C(=O)Nc2cc(C(F)(F)F)ccc2Cl)c2ccccc2)cc1. The third-order valence-corrected chi connectivity index (χ3v) is 8.46. The lowest BCUT2D eigenvalue weighted by molar-refractivity contribution is -0.137. The Hall–Kier alpha value is -4.00. The molecule has 1 atom stereocenters. The number of amides is 1. The van der Waals surface area contributed by atoms with Crippen LogP contribution in [0.2, 0.25) is 5.02 Å². The van der Waals surface area contributed by atoms with Crippen molar-refractivity contribution in [1.29, 1.82) is 0 Å². The lowest BCUT2D eigenvalue weighted by atomic mass is 10.1. The molecule has 13 heteroatoms. The quantitative estimate of drug-likeness (QED) is 0.137. The van der Waals surface area contributed by atoms with E-state index in [1.54, 1.807) is 34.9 Å². The smallest absolute Gasteiger partial charge is 0.416 e. The van der Waals surface area contributed by atoms with Crippen molar-refractivity contribution in [2.24, 2.45) is 0 Å². The van der Waals surface area contributed by atoms with Crippen molar-refractivity contribution in [3.05, 3.63) is 124 Å². The Kier molecular flexibility index (Phi) is 10.4. The summed E-state index contributed by atoms with van der Waals surface area (Å²) in [5.41, 5.74) is 0.192. The van der Waals surface area contributed by atoms with E-state index in [2.05, 4.69) is 31.4 Å². The molecular weight excluding hydrogens is 693 g/mol. The molecule has 0 aliphatic rings. The summed E-state index contributed by atoms with van der Waals surface area (Å²) in [6, 6.07) is 26.2. The molecule has 7 nitrogen and oxygen atoms in total. The van der Waals surface area contributed by atoms with Gasteiger partial charge in [-0.2, -0.15) is 13.2 Å². The average Bonchev–Trinajstić information content (AvgIpc) is 3.43. The number of anilines is 1. The number of rotatable bonds is 11. The predicted molar refractivity (Wildman–Crippen MR) is 171 cm³/mol. The van der Waals surface area contributed by atoms with Gasteiger partial charge < -0.3 is 14.8 Å². The van der Waals surface area contributed by atoms with Crippen LogP contribution in [0.15, 0.2) is 107 Å². The van der Waals surface area contributed by atoms with Crippen LogP contribution in [-0.2, 0) is 17.6 Å². The van der Waals surface area contributed by atoms with Gasteiger partial charge in [0.25, 0.3) is 0 Å². The van der Waals surface area contributed by atoms with Crippen molar-refractivity contribution in [3.8, 4) is 17.2 Å². The number of alkyl halides is 3. The minimum atomic E-state index is -4.61. The highest BCUT2D eigenvalue weighted by molar-refractivity contribution is 9.10. The Morgan fingerprint density at radius 2 is 1.62 bits per heavy atom. The van der Waals surface area contributed by atoms with E-state index in [4.69, 9.17) is 21.1 Å². The van der Waals surface area contributed by atoms with Crippen molar-refractivity contribution in [2.45, 2.75) is 30.1 Å². The fraction of sp³-hybridized carbons (Fsp3) is 0.156. The Balaban J connectivity index is 1.50. The van der Waals surface area contributed by atoms with Gasteiger partial charge in [0.15, 0.2) is 11.0 Å². The minimum absolute atomic E-state index is 0.0295. The molecule has 1 amide bonds. The summed E-state index contributed by atoms with van der Waals surface area (Å²) in [6.07, 6.45) is -4.61. The first-order valence-electron chi connectivity index (χ1n) is 13.6. The number of nitrogens with one attached hydrogen (secondary N) is 1. The van der Waals surface area contributed by atoms with Crippen molar-refractivity contribution in [2.75, 3.05) is 11.9 Å². The van der Waals surface area contributed by atoms with E-state index >= 15 is 0 Å². The van der Waals surface area contributed by atoms with Crippen LogP contribution < -0.4 is 14.8 Å². The molecule has 0 aliphatic carbocycles. The van der Waals surface area contributed by atoms with Crippen molar-refractivity contribution in [3.63, 3.8) is 0 Å². The molecule has 5 aromatic rings. The van der Waals surface area contributed by atoms with Crippen LogP contribution in [0, 0.1) is 0 Å². The minimum Gasteiger partial charge on any atom is -0.494 e. The Bertz CT molecular complexity index is 1760. The van der Waals surface area contributed by atoms with E-state index < -0.39 is 22.9 Å². The third kappa shape index (κ3) is 8.19. The lowest BCUT2D eigenvalue weighted by Crippen LogP contribution is -2.20. The van der Waals surface area contributed by atoms with Crippen LogP contribution in [0.1, 0.15) is 29.1 Å². The number of thioether (sulfide) groups is 1. The maximum atomic E-state index is 13.8. The lowest BCUT2D eigenvalue weighted by Gasteiger charge is -2.19. The summed E-state index contributed by atoms with van der Waals surface area (Å²) >= 11 is 10.7. The van der Waals surface area contributed by atoms with E-state index in [1.165, 1.54) is 0 Å². The maximum absolute atomic E-state index is 13.8. The maximum Gasteiger partial charge on any atom is 0.416 e. The number of ether oxygens (including phenoxy) is 2. The average molecular weight is 718 g/mol. The standard InChI is InChI=1S/C32H25BrClF3N4O3S/c1-2-43-24-15-11-23(12-16-24)41-28(19-44-25-13-9-22(33)10-14-25)39-40-31(41)45-29(20-6-4-3-5-7-20)30(42)38-27-18-21(32(35,36)37)8-17-26(27)34/h3-18,29H,2,19H2,1H3,(H,38,42). The fourth-order valence-electron chi connectivity index (χ4n) is 4.27. The molecular formula is C32H25BrClF3N4O3S. The first-order valence-corrected chi connectivity index (χ1v) is 15.6. The van der Waals surface area contributed by atoms with Crippen molar-refractivity contribution < 1.29 is 27.4 Å². The van der Waals surface area contributed by atoms with Gasteiger partial charge in [-0.05, 0) is 79.2 Å². The number of nitrogens with zero attached hydrogens (tertiary/aromatic N) is 3. The number of hydrogen-bond acceptors (Lipinski definition) is 6. The van der Waals surface area contributed by atoms with Gasteiger partial charge >= 0.3 is 6.18 Å².